The Morgan fingerprint density at radius 1 is 0.468 bits per heavy atom. The number of fused-ring (bicyclic) bond motifs is 10. The van der Waals surface area contributed by atoms with Crippen molar-refractivity contribution in [1.82, 2.24) is 9.80 Å². The lowest BCUT2D eigenvalue weighted by Crippen LogP contribution is -2.59. The number of Topliss-reactive ketones (excluding diaryl/α,β-unsaturated/α-hetero) is 2. The number of ether oxygens (including phenoxy) is 13. The Morgan fingerprint density at radius 2 is 0.872 bits per heavy atom. The van der Waals surface area contributed by atoms with Gasteiger partial charge in [0, 0.05) is 57.1 Å². The number of aliphatic hydroxyl groups is 3. The van der Waals surface area contributed by atoms with Crippen molar-refractivity contribution in [2.24, 2.45) is 71.0 Å². The minimum absolute atomic E-state index is 0. The zero-order valence-corrected chi connectivity index (χ0v) is 69.3. The van der Waals surface area contributed by atoms with Crippen LogP contribution in [0.1, 0.15) is 230 Å². The Balaban J connectivity index is 0.000000240. The van der Waals surface area contributed by atoms with Crippen molar-refractivity contribution in [2.75, 3.05) is 54.9 Å². The van der Waals surface area contributed by atoms with Crippen LogP contribution < -0.4 is 0 Å². The van der Waals surface area contributed by atoms with Gasteiger partial charge >= 0.3 is 11.9 Å². The van der Waals surface area contributed by atoms with Gasteiger partial charge in [-0.3, -0.25) is 19.2 Å². The minimum atomic E-state index is -1.10. The number of hydrogen-bond acceptors (Lipinski definition) is 22. The molecule has 0 bridgehead atoms. The molecule has 109 heavy (non-hydrogen) atoms. The molecule has 0 aromatic heterocycles. The number of nitrogens with zero attached hydrogens (tertiary/aromatic N) is 2. The number of halogens is 2. The second-order valence-corrected chi connectivity index (χ2v) is 35.5. The second kappa shape index (κ2) is 42.2. The number of rotatable bonds is 19. The minimum Gasteiger partial charge on any atom is -0.462 e. The Kier molecular flexibility index (Phi) is 35.1. The first-order chi connectivity index (χ1) is 51.7. The number of aliphatic hydroxyl groups excluding tert-OH is 3. The summed E-state index contributed by atoms with van der Waals surface area (Å²) < 4.78 is 80.9. The molecule has 4 saturated carbocycles. The number of methoxy groups -OCH3 is 3. The van der Waals surface area contributed by atoms with Gasteiger partial charge in [-0.2, -0.15) is 0 Å². The van der Waals surface area contributed by atoms with Gasteiger partial charge in [-0.15, -0.1) is 23.2 Å². The van der Waals surface area contributed by atoms with Gasteiger partial charge in [-0.1, -0.05) is 73.0 Å². The summed E-state index contributed by atoms with van der Waals surface area (Å²) in [4.78, 5) is 61.2. The van der Waals surface area contributed by atoms with E-state index in [0.717, 1.165) is 159 Å². The summed E-state index contributed by atoms with van der Waals surface area (Å²) in [6.07, 6.45) is 17.4. The van der Waals surface area contributed by atoms with Crippen LogP contribution in [0, 0.1) is 71.0 Å². The molecule has 0 amide bonds. The van der Waals surface area contributed by atoms with E-state index in [-0.39, 0.29) is 158 Å². The third kappa shape index (κ3) is 21.9. The van der Waals surface area contributed by atoms with E-state index in [1.165, 1.54) is 7.11 Å². The van der Waals surface area contributed by atoms with Gasteiger partial charge in [0.05, 0.1) is 67.0 Å². The first-order valence-electron chi connectivity index (χ1n) is 42.0. The molecule has 6 aliphatic heterocycles. The monoisotopic (exact) mass is 1580 g/mol. The van der Waals surface area contributed by atoms with Crippen molar-refractivity contribution in [3.8, 4) is 0 Å². The summed E-state index contributed by atoms with van der Waals surface area (Å²) in [6.45, 7) is 16.2. The SMILES string of the molecule is C.CCCC[C@H]1CCC[C@H](O[C@H]2CC[C@H](N(C)C)[C@@H](C)O2)[C@@H](C)C(=O)C2=CC3C4C[C@H](O[C@@H]5O[C@@H](C)[C@H](O)[C@@H](O)[C@H]5OC)CC4CCC3C2CC(=O)O1.CCCC[C@H]1CCC[C@H](O[C@H]2CC[C@H](N(C)C)[C@@H](C)O2)[C@@H](C)C(=O)C2=CC3C4C[C@H](O[C@@H]5O[C@@H](C)[C@H](O)[C@@H](OC)[C@H]5OC)CC4CCC3C2CC(=O)O1.ClCCl. The fourth-order valence-corrected chi connectivity index (χ4v) is 21.7. The molecule has 10 unspecified atom stereocenters. The van der Waals surface area contributed by atoms with Crippen LogP contribution in [-0.2, 0) is 80.8 Å². The van der Waals surface area contributed by atoms with Gasteiger partial charge in [0.1, 0.15) is 48.8 Å². The van der Waals surface area contributed by atoms with Crippen LogP contribution in [0.15, 0.2) is 23.3 Å². The summed E-state index contributed by atoms with van der Waals surface area (Å²) in [7, 11) is 13.0. The number of ketones is 2. The van der Waals surface area contributed by atoms with E-state index in [2.05, 4.69) is 77.8 Å². The van der Waals surface area contributed by atoms with Crippen molar-refractivity contribution >= 4 is 46.7 Å². The Labute approximate surface area is 663 Å². The average molecular weight is 1580 g/mol. The first-order valence-corrected chi connectivity index (χ1v) is 43.0. The predicted octanol–water partition coefficient (Wildman–Crippen LogP) is 13.1. The van der Waals surface area contributed by atoms with Gasteiger partial charge in [-0.05, 0) is 243 Å². The highest BCUT2D eigenvalue weighted by Crippen LogP contribution is 2.59. The zero-order valence-electron chi connectivity index (χ0n) is 67.8. The maximum absolute atomic E-state index is 14.7. The highest BCUT2D eigenvalue weighted by molar-refractivity contribution is 6.40. The summed E-state index contributed by atoms with van der Waals surface area (Å²) in [6, 6.07) is 0.674. The van der Waals surface area contributed by atoms with Crippen LogP contribution >= 0.6 is 23.2 Å². The number of alkyl halides is 2. The zero-order chi connectivity index (χ0) is 77.9. The Morgan fingerprint density at radius 3 is 1.26 bits per heavy atom. The summed E-state index contributed by atoms with van der Waals surface area (Å²) in [5.41, 5.74) is 1.59. The molecule has 10 fully saturated rings. The highest BCUT2D eigenvalue weighted by Gasteiger charge is 2.57. The molecular weight excluding hydrogens is 1440 g/mol. The maximum Gasteiger partial charge on any atom is 0.306 e. The number of cyclic esters (lactones) is 2. The molecule has 6 aliphatic carbocycles. The molecule has 12 rings (SSSR count). The molecule has 626 valence electrons. The van der Waals surface area contributed by atoms with Gasteiger partial charge in [-0.25, -0.2) is 0 Å². The molecule has 6 saturated heterocycles. The molecule has 0 aromatic carbocycles. The van der Waals surface area contributed by atoms with Crippen molar-refractivity contribution in [1.29, 1.82) is 0 Å². The Hall–Kier alpha value is -2.30. The number of likely N-dealkylation sites (N-methyl/N-ethyl adjacent to an activating group) is 2. The van der Waals surface area contributed by atoms with Crippen LogP contribution in [0.3, 0.4) is 0 Å². The van der Waals surface area contributed by atoms with Crippen LogP contribution in [-0.4, -0.2) is 238 Å². The lowest BCUT2D eigenvalue weighted by atomic mass is 9.66. The molecule has 3 N–H and O–H groups in total. The molecule has 0 aromatic rings. The van der Waals surface area contributed by atoms with Crippen molar-refractivity contribution in [2.45, 2.75) is 365 Å². The molecule has 0 radical (unpaired) electrons. The van der Waals surface area contributed by atoms with Crippen LogP contribution in [0.5, 0.6) is 0 Å². The lowest BCUT2D eigenvalue weighted by Gasteiger charge is -2.43. The van der Waals surface area contributed by atoms with Crippen LogP contribution in [0.4, 0.5) is 0 Å². The van der Waals surface area contributed by atoms with E-state index in [1.54, 1.807) is 21.1 Å². The third-order valence-corrected chi connectivity index (χ3v) is 27.6. The normalized spacial score (nSPS) is 44.2. The van der Waals surface area contributed by atoms with E-state index < -0.39 is 61.4 Å². The van der Waals surface area contributed by atoms with Gasteiger partial charge in [0.25, 0.3) is 0 Å². The average Bonchev–Trinajstić information content (AvgIpc) is 1.60. The number of hydrogen-bond donors (Lipinski definition) is 3. The fraction of sp³-hybridized carbons (Fsp3) is 0.906. The van der Waals surface area contributed by atoms with E-state index >= 15 is 0 Å². The van der Waals surface area contributed by atoms with Crippen LogP contribution in [0.2, 0.25) is 0 Å². The predicted molar refractivity (Wildman–Crippen MR) is 416 cm³/mol. The third-order valence-electron chi connectivity index (χ3n) is 27.6. The smallest absolute Gasteiger partial charge is 0.306 e. The lowest BCUT2D eigenvalue weighted by molar-refractivity contribution is -0.311. The number of esters is 2. The highest BCUT2D eigenvalue weighted by atomic mass is 35.5. The van der Waals surface area contributed by atoms with Gasteiger partial charge in [0.15, 0.2) is 36.7 Å². The summed E-state index contributed by atoms with van der Waals surface area (Å²) in [5.74, 6) is 1.08. The van der Waals surface area contributed by atoms with E-state index in [9.17, 15) is 34.5 Å². The van der Waals surface area contributed by atoms with E-state index in [0.29, 0.717) is 42.2 Å². The molecule has 24 heteroatoms. The number of carbonyl (C=O) groups excluding carboxylic acids is 4. The van der Waals surface area contributed by atoms with E-state index in [4.69, 9.17) is 84.8 Å². The van der Waals surface area contributed by atoms with Crippen molar-refractivity contribution in [3.05, 3.63) is 23.3 Å². The van der Waals surface area contributed by atoms with Crippen molar-refractivity contribution in [3.63, 3.8) is 0 Å². The number of unbranched alkanes of at least 4 members (excludes halogenated alkanes) is 2. The number of carbonyl (C=O) groups is 4. The fourth-order valence-electron chi connectivity index (χ4n) is 21.7. The van der Waals surface area contributed by atoms with Gasteiger partial charge in [0.2, 0.25) is 0 Å². The van der Waals surface area contributed by atoms with Crippen LogP contribution in [0.25, 0.3) is 0 Å². The molecule has 0 spiro atoms. The molecule has 6 heterocycles. The largest absolute Gasteiger partial charge is 0.462 e. The summed E-state index contributed by atoms with van der Waals surface area (Å²) >= 11 is 9.53. The molecule has 22 nitrogen and oxygen atoms in total. The summed E-state index contributed by atoms with van der Waals surface area (Å²) in [5, 5.41) is 31.9. The number of allylic oxidation sites excluding steroid dienone is 4. The quantitative estimate of drug-likeness (QED) is 0.0802. The second-order valence-electron chi connectivity index (χ2n) is 34.7. The standard InChI is InChI=1S/C42H69NO10.C41H67NO10.CH2Cl2.CH4/c1-9-10-12-27-13-11-14-35(53-37-18-17-34(43(5)6)24(3)49-37)23(2)38(45)33-21-31-29(32(33)22-36(44)51-27)16-15-26-19-28(20-30(26)31)52-42-41(48-8)40(47-7)39(46)25(4)50-42;1-8-9-11-26-12-10-13-34(52-36-17-16-33(42(5)6)23(3)48-36)22(2)37(44)32-20-30-28(31(32)21-35(43)50-26)15-14-25-18-27(19-29(25)30)51-41-40(47-7)39(46)38(45)24(4)49-41;2-1-3;/h21,23-32,34-35,37,39-42,46H,9-20,22H2,1-8H3;20,22-31,33-34,36,38-41,45-46H,8-19,21H2,1-7H3;1H2;1H4/t23-,24-,25+,26?,27+,28-,29?,30?,31?,32?,34+,35+,37+,39+,40-,41-,42+;22-,23-,24+,25?,26+,27-,28?,29?,30?,31?,33+,34+,36+,38+,39-,40-,41+;;/m11../s1. The van der Waals surface area contributed by atoms with E-state index in [1.807, 2.05) is 20.8 Å². The maximum atomic E-state index is 14.7. The topological polar surface area (TPSA) is 255 Å². The molecular formula is C85H142Cl2N2O20. The molecule has 12 aliphatic rings. The Bertz CT molecular complexity index is 2910. The van der Waals surface area contributed by atoms with Gasteiger partial charge < -0.3 is 86.7 Å². The molecule has 34 atom stereocenters. The van der Waals surface area contributed by atoms with Crippen molar-refractivity contribution < 1.29 is 96.1 Å². The first kappa shape index (κ1) is 90.6.